The number of aromatic carboxylic acids is 1. The summed E-state index contributed by atoms with van der Waals surface area (Å²) in [6, 6.07) is 19.7. The lowest BCUT2D eigenvalue weighted by molar-refractivity contribution is -0.117. The number of nitrogens with two attached hydrogens (primary N) is 1. The average Bonchev–Trinajstić information content (AvgIpc) is 3.75. The highest BCUT2D eigenvalue weighted by molar-refractivity contribution is 6.32. The van der Waals surface area contributed by atoms with Crippen molar-refractivity contribution in [2.24, 2.45) is 0 Å². The van der Waals surface area contributed by atoms with Crippen LogP contribution >= 0.6 is 23.2 Å². The maximum absolute atomic E-state index is 13.3. The summed E-state index contributed by atoms with van der Waals surface area (Å²) in [4.78, 5) is 32.5. The molecule has 1 atom stereocenters. The Balaban J connectivity index is 1.29. The highest BCUT2D eigenvalue weighted by Gasteiger charge is 2.21. The summed E-state index contributed by atoms with van der Waals surface area (Å²) < 4.78 is 1.41. The molecule has 0 aliphatic carbocycles. The first kappa shape index (κ1) is 28.7. The molecule has 0 aliphatic heterocycles. The molecule has 13 heteroatoms. The van der Waals surface area contributed by atoms with Crippen molar-refractivity contribution in [3.8, 4) is 16.9 Å². The largest absolute Gasteiger partial charge is 0.478 e. The number of carbonyl (C=O) groups is 2. The smallest absolute Gasteiger partial charge is 0.338 e. The first-order chi connectivity index (χ1) is 21.2. The number of aromatic amines is 2. The fourth-order valence-corrected chi connectivity index (χ4v) is 5.23. The van der Waals surface area contributed by atoms with Gasteiger partial charge in [-0.25, -0.2) is 14.5 Å². The number of benzene rings is 3. The Kier molecular flexibility index (Phi) is 7.88. The molecule has 0 bridgehead atoms. The van der Waals surface area contributed by atoms with Crippen molar-refractivity contribution in [2.45, 2.75) is 12.5 Å². The van der Waals surface area contributed by atoms with Gasteiger partial charge in [0, 0.05) is 33.8 Å². The number of nitrogens with zero attached hydrogens (tertiary/aromatic N) is 4. The number of carboxylic acid groups (broad SMARTS) is 1. The molecule has 0 saturated carbocycles. The van der Waals surface area contributed by atoms with Gasteiger partial charge < -0.3 is 21.1 Å². The lowest BCUT2D eigenvalue weighted by Gasteiger charge is -2.16. The molecule has 6 rings (SSSR count). The van der Waals surface area contributed by atoms with Crippen molar-refractivity contribution in [1.82, 2.24) is 35.3 Å². The Morgan fingerprint density at radius 2 is 1.91 bits per heavy atom. The van der Waals surface area contributed by atoms with Crippen LogP contribution in [0.1, 0.15) is 33.4 Å². The van der Waals surface area contributed by atoms with E-state index in [-0.39, 0.29) is 5.56 Å². The van der Waals surface area contributed by atoms with Gasteiger partial charge >= 0.3 is 5.97 Å². The maximum atomic E-state index is 13.3. The van der Waals surface area contributed by atoms with Crippen LogP contribution in [-0.2, 0) is 11.2 Å². The number of carboxylic acids is 1. The second-order valence-electron chi connectivity index (χ2n) is 9.92. The van der Waals surface area contributed by atoms with E-state index < -0.39 is 17.9 Å². The van der Waals surface area contributed by atoms with Gasteiger partial charge in [-0.05, 0) is 48.4 Å². The number of nitrogens with one attached hydrogen (secondary N) is 3. The normalized spacial score (nSPS) is 12.1. The Hall–Kier alpha value is -5.39. The molecule has 3 heterocycles. The third-order valence-electron chi connectivity index (χ3n) is 6.95. The molecule has 6 aromatic rings. The first-order valence-electron chi connectivity index (χ1n) is 13.3. The molecule has 220 valence electrons. The third-order valence-corrected chi connectivity index (χ3v) is 7.46. The summed E-state index contributed by atoms with van der Waals surface area (Å²) in [6.07, 6.45) is 6.03. The molecule has 3 aromatic heterocycles. The minimum atomic E-state index is -1.10. The number of hydrogen-bond acceptors (Lipinski definition) is 6. The predicted octanol–water partition coefficient (Wildman–Crippen LogP) is 5.84. The van der Waals surface area contributed by atoms with Crippen molar-refractivity contribution < 1.29 is 14.7 Å². The van der Waals surface area contributed by atoms with Crippen molar-refractivity contribution in [3.63, 3.8) is 0 Å². The molecular formula is C31H24Cl2N8O3. The van der Waals surface area contributed by atoms with Crippen LogP contribution in [0.5, 0.6) is 0 Å². The second-order valence-corrected chi connectivity index (χ2v) is 10.7. The fourth-order valence-electron chi connectivity index (χ4n) is 4.80. The topological polar surface area (TPSA) is 168 Å². The number of carbonyl (C=O) groups excluding carboxylic acids is 1. The van der Waals surface area contributed by atoms with Gasteiger partial charge in [-0.15, -0.1) is 0 Å². The highest BCUT2D eigenvalue weighted by atomic mass is 35.5. The summed E-state index contributed by atoms with van der Waals surface area (Å²) in [7, 11) is 0. The van der Waals surface area contributed by atoms with Crippen LogP contribution in [0.3, 0.4) is 0 Å². The van der Waals surface area contributed by atoms with Gasteiger partial charge in [0.25, 0.3) is 0 Å². The highest BCUT2D eigenvalue weighted by Crippen LogP contribution is 2.31. The minimum absolute atomic E-state index is 0.0291. The van der Waals surface area contributed by atoms with Crippen molar-refractivity contribution >= 4 is 57.9 Å². The molecule has 0 spiro atoms. The zero-order chi connectivity index (χ0) is 30.8. The molecule has 0 aliphatic rings. The summed E-state index contributed by atoms with van der Waals surface area (Å²) >= 11 is 12.9. The molecular weight excluding hydrogens is 603 g/mol. The summed E-state index contributed by atoms with van der Waals surface area (Å²) in [5, 5.41) is 24.9. The molecule has 11 nitrogen and oxygen atoms in total. The Bertz CT molecular complexity index is 2030. The Morgan fingerprint density at radius 1 is 1.09 bits per heavy atom. The first-order valence-corrected chi connectivity index (χ1v) is 14.1. The van der Waals surface area contributed by atoms with E-state index in [1.807, 2.05) is 48.5 Å². The van der Waals surface area contributed by atoms with Gasteiger partial charge in [0.1, 0.15) is 16.7 Å². The van der Waals surface area contributed by atoms with E-state index in [4.69, 9.17) is 33.9 Å². The summed E-state index contributed by atoms with van der Waals surface area (Å²) in [6.45, 7) is 0. The summed E-state index contributed by atoms with van der Waals surface area (Å²) in [5.41, 5.74) is 10.0. The Morgan fingerprint density at radius 3 is 2.68 bits per heavy atom. The number of halogens is 2. The van der Waals surface area contributed by atoms with E-state index in [0.29, 0.717) is 45.2 Å². The molecule has 44 heavy (non-hydrogen) atoms. The van der Waals surface area contributed by atoms with E-state index in [2.05, 4.69) is 25.6 Å². The van der Waals surface area contributed by atoms with Crippen LogP contribution in [0.25, 0.3) is 33.9 Å². The SMILES string of the molecule is Nc1n[nH]c2cc(-c3nc([C@H](Cc4ccccc4)NC(=O)C=Cc4cc(Cl)ccc4-n4cc(C(=O)O)cn4)[nH]c3Cl)ccc12. The molecule has 3 aromatic carbocycles. The van der Waals surface area contributed by atoms with Crippen molar-refractivity contribution in [1.29, 1.82) is 0 Å². The average molecular weight is 627 g/mol. The molecule has 0 saturated heterocycles. The number of hydrogen-bond donors (Lipinski definition) is 5. The number of H-pyrrole nitrogens is 2. The number of amides is 1. The monoisotopic (exact) mass is 626 g/mol. The molecule has 6 N–H and O–H groups in total. The molecule has 0 radical (unpaired) electrons. The van der Waals surface area contributed by atoms with Gasteiger partial charge in [0.2, 0.25) is 5.91 Å². The predicted molar refractivity (Wildman–Crippen MR) is 169 cm³/mol. The lowest BCUT2D eigenvalue weighted by atomic mass is 10.1. The van der Waals surface area contributed by atoms with Gasteiger partial charge in [-0.1, -0.05) is 59.6 Å². The number of nitrogen functional groups attached to an aromatic ring is 1. The van der Waals surface area contributed by atoms with Gasteiger partial charge in [0.05, 0.1) is 29.0 Å². The zero-order valence-electron chi connectivity index (χ0n) is 22.8. The molecule has 1 amide bonds. The van der Waals surface area contributed by atoms with Crippen LogP contribution < -0.4 is 11.1 Å². The molecule has 0 unspecified atom stereocenters. The quantitative estimate of drug-likeness (QED) is 0.126. The standard InChI is InChI=1S/C31H24Cl2N8O3/c32-21-8-10-25(41-16-20(15-35-41)31(43)44)18(13-21)7-11-26(42)36-24(12-17-4-2-1-3-5-17)30-37-27(28(33)38-30)19-6-9-22-23(14-19)39-40-29(22)34/h1-11,13-16,24H,12H2,(H,36,42)(H,37,38)(H,43,44)(H3,34,39,40)/t24-/m0/s1. The Labute approximate surface area is 260 Å². The van der Waals surface area contributed by atoms with E-state index >= 15 is 0 Å². The maximum Gasteiger partial charge on any atom is 0.338 e. The molecule has 0 fully saturated rings. The number of anilines is 1. The second kappa shape index (κ2) is 12.1. The van der Waals surface area contributed by atoms with Crippen LogP contribution in [0.15, 0.2) is 85.2 Å². The van der Waals surface area contributed by atoms with E-state index in [9.17, 15) is 14.7 Å². The fraction of sp³-hybridized carbons (Fsp3) is 0.0645. The van der Waals surface area contributed by atoms with Crippen LogP contribution in [0.2, 0.25) is 10.2 Å². The summed E-state index contributed by atoms with van der Waals surface area (Å²) in [5.74, 6) is -0.620. The number of fused-ring (bicyclic) bond motifs is 1. The van der Waals surface area contributed by atoms with Crippen molar-refractivity contribution in [3.05, 3.63) is 118 Å². The lowest BCUT2D eigenvalue weighted by Crippen LogP contribution is -2.29. The number of aromatic nitrogens is 6. The van der Waals surface area contributed by atoms with Crippen LogP contribution in [-0.4, -0.2) is 46.9 Å². The number of imidazole rings is 1. The van der Waals surface area contributed by atoms with E-state index in [1.54, 1.807) is 24.3 Å². The van der Waals surface area contributed by atoms with Gasteiger partial charge in [-0.3, -0.25) is 9.89 Å². The van der Waals surface area contributed by atoms with Gasteiger partial charge in [0.15, 0.2) is 5.82 Å². The third kappa shape index (κ3) is 6.05. The zero-order valence-corrected chi connectivity index (χ0v) is 24.3. The van der Waals surface area contributed by atoms with E-state index in [0.717, 1.165) is 22.0 Å². The van der Waals surface area contributed by atoms with Gasteiger partial charge in [-0.2, -0.15) is 10.2 Å². The number of rotatable bonds is 9. The van der Waals surface area contributed by atoms with Crippen LogP contribution in [0.4, 0.5) is 5.82 Å². The van der Waals surface area contributed by atoms with Crippen LogP contribution in [0, 0.1) is 0 Å². The minimum Gasteiger partial charge on any atom is -0.478 e. The van der Waals surface area contributed by atoms with Crippen molar-refractivity contribution in [2.75, 3.05) is 5.73 Å². The van der Waals surface area contributed by atoms with E-state index in [1.165, 1.54) is 23.2 Å².